The second-order valence-electron chi connectivity index (χ2n) is 8.57. The molecule has 8 nitrogen and oxygen atoms in total. The maximum Gasteiger partial charge on any atom is 0.220 e. The van der Waals surface area contributed by atoms with Gasteiger partial charge in [-0.05, 0) is 42.5 Å². The molecule has 5 rings (SSSR count). The third-order valence-corrected chi connectivity index (χ3v) is 7.14. The molecule has 180 valence electrons. The van der Waals surface area contributed by atoms with E-state index in [-0.39, 0.29) is 23.8 Å². The number of aromatic amines is 1. The molecular weight excluding hydrogens is 471 g/mol. The lowest BCUT2D eigenvalue weighted by atomic mass is 10.0. The molecule has 1 saturated heterocycles. The van der Waals surface area contributed by atoms with E-state index in [1.165, 1.54) is 24.0 Å². The Morgan fingerprint density at radius 3 is 2.60 bits per heavy atom. The first kappa shape index (κ1) is 23.0. The monoisotopic (exact) mass is 494 g/mol. The average molecular weight is 495 g/mol. The number of carbonyl (C=O) groups is 1. The molecule has 4 aromatic rings. The third-order valence-electron chi connectivity index (χ3n) is 6.01. The molecule has 0 bridgehead atoms. The fraction of sp³-hybridized carbons (Fsp3) is 0.240. The Labute approximate surface area is 201 Å². The van der Waals surface area contributed by atoms with E-state index in [2.05, 4.69) is 15.0 Å². The van der Waals surface area contributed by atoms with Crippen molar-refractivity contribution in [3.05, 3.63) is 66.4 Å². The van der Waals surface area contributed by atoms with Crippen LogP contribution in [0.4, 0.5) is 4.39 Å². The number of hydrogen-bond donors (Lipinski definition) is 1. The zero-order chi connectivity index (χ0) is 24.7. The lowest BCUT2D eigenvalue weighted by Crippen LogP contribution is -2.29. The van der Waals surface area contributed by atoms with Crippen molar-refractivity contribution in [1.29, 1.82) is 0 Å². The van der Waals surface area contributed by atoms with Gasteiger partial charge in [-0.15, -0.1) is 0 Å². The maximum atomic E-state index is 14.4. The molecular formula is C25H23FN4O4S. The minimum atomic E-state index is -3.35. The number of ether oxygens (including phenoxy) is 1. The molecule has 0 spiro atoms. The standard InChI is InChI=1S/C25H23FN4O4S/c1-15(31)30-14-16(26)11-23(30)19-12-21-22(29-25(28-21)20-5-3-4-10-27-20)13-24(19)34-17-6-8-18(9-7-17)35(2,32)33/h3-10,12-13,16,23H,11,14H2,1-2H3,(H,28,29)/t16-,23-/m0/s1. The second kappa shape index (κ2) is 8.77. The third kappa shape index (κ3) is 4.61. The van der Waals surface area contributed by atoms with E-state index in [1.807, 2.05) is 24.3 Å². The van der Waals surface area contributed by atoms with Gasteiger partial charge in [0.15, 0.2) is 15.7 Å². The van der Waals surface area contributed by atoms with Crippen molar-refractivity contribution >= 4 is 26.8 Å². The molecule has 1 aliphatic rings. The Hall–Kier alpha value is -3.79. The highest BCUT2D eigenvalue weighted by Gasteiger charge is 2.37. The Balaban J connectivity index is 1.60. The van der Waals surface area contributed by atoms with Crippen molar-refractivity contribution in [3.8, 4) is 23.0 Å². The van der Waals surface area contributed by atoms with Gasteiger partial charge in [-0.3, -0.25) is 9.78 Å². The van der Waals surface area contributed by atoms with Crippen molar-refractivity contribution in [2.24, 2.45) is 0 Å². The summed E-state index contributed by atoms with van der Waals surface area (Å²) in [5.74, 6) is 1.16. The number of nitrogens with one attached hydrogen (secondary N) is 1. The van der Waals surface area contributed by atoms with E-state index in [1.54, 1.807) is 24.4 Å². The molecule has 2 aromatic heterocycles. The van der Waals surface area contributed by atoms with Crippen molar-refractivity contribution in [3.63, 3.8) is 0 Å². The van der Waals surface area contributed by atoms with Gasteiger partial charge in [0, 0.05) is 37.4 Å². The lowest BCUT2D eigenvalue weighted by molar-refractivity contribution is -0.129. The number of likely N-dealkylation sites (tertiary alicyclic amines) is 1. The molecule has 1 amide bonds. The summed E-state index contributed by atoms with van der Waals surface area (Å²) in [6.07, 6.45) is 1.81. The highest BCUT2D eigenvalue weighted by atomic mass is 32.2. The Kier molecular flexibility index (Phi) is 5.76. The van der Waals surface area contributed by atoms with Crippen LogP contribution < -0.4 is 4.74 Å². The van der Waals surface area contributed by atoms with Gasteiger partial charge >= 0.3 is 0 Å². The Morgan fingerprint density at radius 1 is 1.17 bits per heavy atom. The number of sulfone groups is 1. The van der Waals surface area contributed by atoms with Gasteiger partial charge in [-0.2, -0.15) is 0 Å². The quantitative estimate of drug-likeness (QED) is 0.439. The van der Waals surface area contributed by atoms with Crippen molar-refractivity contribution in [1.82, 2.24) is 19.9 Å². The average Bonchev–Trinajstić information content (AvgIpc) is 3.42. The number of benzene rings is 2. The fourth-order valence-electron chi connectivity index (χ4n) is 4.34. The molecule has 10 heteroatoms. The minimum absolute atomic E-state index is 0.0166. The lowest BCUT2D eigenvalue weighted by Gasteiger charge is -2.25. The van der Waals surface area contributed by atoms with Gasteiger partial charge in [0.25, 0.3) is 0 Å². The number of alkyl halides is 1. The number of pyridine rings is 1. The molecule has 0 radical (unpaired) electrons. The first-order valence-electron chi connectivity index (χ1n) is 11.0. The number of halogens is 1. The number of carbonyl (C=O) groups excluding carboxylic acids is 1. The number of aromatic nitrogens is 3. The van der Waals surface area contributed by atoms with Gasteiger partial charge in [0.1, 0.15) is 23.4 Å². The van der Waals surface area contributed by atoms with Crippen LogP contribution in [0.25, 0.3) is 22.6 Å². The number of fused-ring (bicyclic) bond motifs is 1. The van der Waals surface area contributed by atoms with E-state index < -0.39 is 22.1 Å². The van der Waals surface area contributed by atoms with Crippen molar-refractivity contribution < 1.29 is 22.3 Å². The number of H-pyrrole nitrogens is 1. The van der Waals surface area contributed by atoms with Gasteiger partial charge in [-0.1, -0.05) is 6.07 Å². The van der Waals surface area contributed by atoms with Gasteiger partial charge in [-0.25, -0.2) is 17.8 Å². The van der Waals surface area contributed by atoms with Crippen LogP contribution in [0.3, 0.4) is 0 Å². The van der Waals surface area contributed by atoms with Crippen LogP contribution in [0, 0.1) is 0 Å². The molecule has 3 heterocycles. The fourth-order valence-corrected chi connectivity index (χ4v) is 4.97. The van der Waals surface area contributed by atoms with Crippen LogP contribution in [-0.4, -0.2) is 53.1 Å². The smallest absolute Gasteiger partial charge is 0.220 e. The van der Waals surface area contributed by atoms with Crippen molar-refractivity contribution in [2.45, 2.75) is 30.5 Å². The van der Waals surface area contributed by atoms with Crippen LogP contribution in [-0.2, 0) is 14.6 Å². The maximum absolute atomic E-state index is 14.4. The van der Waals surface area contributed by atoms with Crippen LogP contribution in [0.15, 0.2) is 65.7 Å². The number of nitrogens with zero attached hydrogens (tertiary/aromatic N) is 3. The van der Waals surface area contributed by atoms with E-state index in [0.29, 0.717) is 39.6 Å². The van der Waals surface area contributed by atoms with Gasteiger partial charge < -0.3 is 14.6 Å². The van der Waals surface area contributed by atoms with Crippen molar-refractivity contribution in [2.75, 3.05) is 12.8 Å². The zero-order valence-electron chi connectivity index (χ0n) is 19.1. The molecule has 1 fully saturated rings. The van der Waals surface area contributed by atoms with Gasteiger partial charge in [0.05, 0.1) is 28.5 Å². The number of hydrogen-bond acceptors (Lipinski definition) is 6. The largest absolute Gasteiger partial charge is 0.457 e. The summed E-state index contributed by atoms with van der Waals surface area (Å²) in [6.45, 7) is 1.44. The van der Waals surface area contributed by atoms with Crippen LogP contribution >= 0.6 is 0 Å². The van der Waals surface area contributed by atoms with E-state index in [0.717, 1.165) is 6.26 Å². The minimum Gasteiger partial charge on any atom is -0.457 e. The SMILES string of the molecule is CC(=O)N1C[C@@H](F)C[C@H]1c1cc2[nH]c(-c3ccccn3)nc2cc1Oc1ccc(S(C)(=O)=O)cc1. The molecule has 1 N–H and O–H groups in total. The van der Waals surface area contributed by atoms with E-state index >= 15 is 0 Å². The predicted octanol–water partition coefficient (Wildman–Crippen LogP) is 4.45. The van der Waals surface area contributed by atoms with Crippen LogP contribution in [0.1, 0.15) is 24.9 Å². The summed E-state index contributed by atoms with van der Waals surface area (Å²) in [4.78, 5) is 26.2. The van der Waals surface area contributed by atoms with E-state index in [9.17, 15) is 17.6 Å². The Morgan fingerprint density at radius 2 is 1.94 bits per heavy atom. The topological polar surface area (TPSA) is 105 Å². The summed E-state index contributed by atoms with van der Waals surface area (Å²) < 4.78 is 44.1. The number of imidazole rings is 1. The highest BCUT2D eigenvalue weighted by Crippen LogP contribution is 2.41. The molecule has 1 aliphatic heterocycles. The normalized spacial score (nSPS) is 18.2. The molecule has 35 heavy (non-hydrogen) atoms. The summed E-state index contributed by atoms with van der Waals surface area (Å²) in [5.41, 5.74) is 2.61. The second-order valence-corrected chi connectivity index (χ2v) is 10.6. The molecule has 0 saturated carbocycles. The summed E-state index contributed by atoms with van der Waals surface area (Å²) in [5, 5.41) is 0. The van der Waals surface area contributed by atoms with E-state index in [4.69, 9.17) is 4.74 Å². The number of rotatable bonds is 5. The number of amides is 1. The molecule has 0 unspecified atom stereocenters. The predicted molar refractivity (Wildman–Crippen MR) is 129 cm³/mol. The first-order chi connectivity index (χ1) is 16.7. The van der Waals surface area contributed by atoms with Crippen LogP contribution in [0.2, 0.25) is 0 Å². The summed E-state index contributed by atoms with van der Waals surface area (Å²) in [6, 6.07) is 14.6. The van der Waals surface area contributed by atoms with Gasteiger partial charge in [0.2, 0.25) is 5.91 Å². The molecule has 2 atom stereocenters. The zero-order valence-corrected chi connectivity index (χ0v) is 19.9. The first-order valence-corrected chi connectivity index (χ1v) is 12.9. The molecule has 2 aromatic carbocycles. The highest BCUT2D eigenvalue weighted by molar-refractivity contribution is 7.90. The summed E-state index contributed by atoms with van der Waals surface area (Å²) >= 11 is 0. The molecule has 0 aliphatic carbocycles. The Bertz CT molecular complexity index is 1500. The summed E-state index contributed by atoms with van der Waals surface area (Å²) in [7, 11) is -3.35. The van der Waals surface area contributed by atoms with Crippen LogP contribution in [0.5, 0.6) is 11.5 Å².